The summed E-state index contributed by atoms with van der Waals surface area (Å²) in [5, 5.41) is 5.92. The van der Waals surface area contributed by atoms with Crippen molar-refractivity contribution in [3.05, 3.63) is 23.8 Å². The smallest absolute Gasteiger partial charge is 0.243 e. The molecule has 0 saturated carbocycles. The van der Waals surface area contributed by atoms with Crippen molar-refractivity contribution in [3.63, 3.8) is 0 Å². The molecule has 1 aromatic rings. The molecule has 1 amide bonds. The lowest BCUT2D eigenvalue weighted by Crippen LogP contribution is -2.40. The van der Waals surface area contributed by atoms with Gasteiger partial charge in [0.2, 0.25) is 15.9 Å². The Labute approximate surface area is 168 Å². The Kier molecular flexibility index (Phi) is 9.52. The summed E-state index contributed by atoms with van der Waals surface area (Å²) in [5.74, 6) is 0.988. The van der Waals surface area contributed by atoms with Gasteiger partial charge in [0, 0.05) is 31.6 Å². The van der Waals surface area contributed by atoms with Crippen LogP contribution in [0.2, 0.25) is 0 Å². The van der Waals surface area contributed by atoms with Gasteiger partial charge in [-0.2, -0.15) is 4.31 Å². The number of carbonyl (C=O) groups is 1. The monoisotopic (exact) mass is 419 g/mol. The van der Waals surface area contributed by atoms with E-state index in [1.165, 1.54) is 7.11 Å². The number of hydrogen-bond donors (Lipinski definition) is 2. The Hall–Kier alpha value is -1.35. The topological polar surface area (TPSA) is 87.7 Å². The van der Waals surface area contributed by atoms with Gasteiger partial charge in [-0.25, -0.2) is 8.42 Å². The summed E-state index contributed by atoms with van der Waals surface area (Å²) in [6, 6.07) is 4.82. The van der Waals surface area contributed by atoms with E-state index in [0.717, 1.165) is 19.4 Å². The van der Waals surface area contributed by atoms with Crippen molar-refractivity contribution in [1.29, 1.82) is 0 Å². The third kappa shape index (κ3) is 6.07. The van der Waals surface area contributed by atoms with E-state index in [1.807, 2.05) is 7.05 Å². The van der Waals surface area contributed by atoms with Crippen molar-refractivity contribution in [2.75, 3.05) is 33.8 Å². The van der Waals surface area contributed by atoms with Crippen molar-refractivity contribution in [2.24, 2.45) is 5.92 Å². The number of hydrogen-bond acceptors (Lipinski definition) is 5. The molecule has 9 heteroatoms. The summed E-state index contributed by atoms with van der Waals surface area (Å²) in [7, 11) is -0.102. The molecule has 0 bridgehead atoms. The van der Waals surface area contributed by atoms with Gasteiger partial charge >= 0.3 is 0 Å². The maximum absolute atomic E-state index is 13.0. The molecule has 0 atom stereocenters. The largest absolute Gasteiger partial charge is 0.496 e. The molecule has 1 aromatic carbocycles. The molecule has 1 aliphatic rings. The van der Waals surface area contributed by atoms with E-state index in [9.17, 15) is 13.2 Å². The minimum absolute atomic E-state index is 0. The van der Waals surface area contributed by atoms with E-state index in [1.54, 1.807) is 29.4 Å². The average Bonchev–Trinajstić information content (AvgIpc) is 2.66. The minimum atomic E-state index is -3.55. The first-order valence-corrected chi connectivity index (χ1v) is 10.4. The number of piperidine rings is 1. The molecule has 7 nitrogen and oxygen atoms in total. The van der Waals surface area contributed by atoms with Gasteiger partial charge in [-0.1, -0.05) is 6.92 Å². The highest BCUT2D eigenvalue weighted by atomic mass is 35.5. The molecule has 1 heterocycles. The van der Waals surface area contributed by atoms with Gasteiger partial charge in [-0.3, -0.25) is 4.79 Å². The van der Waals surface area contributed by atoms with E-state index in [-0.39, 0.29) is 29.8 Å². The third-order valence-corrected chi connectivity index (χ3v) is 6.65. The van der Waals surface area contributed by atoms with Crippen LogP contribution in [0.4, 0.5) is 0 Å². The highest BCUT2D eigenvalue weighted by molar-refractivity contribution is 7.89. The second-order valence-corrected chi connectivity index (χ2v) is 8.45. The number of benzene rings is 1. The van der Waals surface area contributed by atoms with Crippen LogP contribution in [0.5, 0.6) is 5.75 Å². The first kappa shape index (κ1) is 23.7. The second-order valence-electron chi connectivity index (χ2n) is 6.51. The van der Waals surface area contributed by atoms with Gasteiger partial charge in [-0.05, 0) is 50.6 Å². The first-order valence-electron chi connectivity index (χ1n) is 9.00. The number of halogens is 1. The number of rotatable bonds is 8. The van der Waals surface area contributed by atoms with Crippen molar-refractivity contribution in [2.45, 2.75) is 37.6 Å². The summed E-state index contributed by atoms with van der Waals surface area (Å²) < 4.78 is 32.8. The molecule has 154 valence electrons. The lowest BCUT2D eigenvalue weighted by atomic mass is 9.98. The Bertz CT molecular complexity index is 719. The molecule has 2 N–H and O–H groups in total. The van der Waals surface area contributed by atoms with Gasteiger partial charge in [0.15, 0.2) is 0 Å². The normalized spacial score (nSPS) is 15.8. The number of sulfonamides is 1. The average molecular weight is 420 g/mol. The molecule has 2 rings (SSSR count). The lowest BCUT2D eigenvalue weighted by Gasteiger charge is -2.31. The number of ether oxygens (including phenoxy) is 1. The van der Waals surface area contributed by atoms with E-state index >= 15 is 0 Å². The van der Waals surface area contributed by atoms with Crippen molar-refractivity contribution in [1.82, 2.24) is 14.9 Å². The molecule has 1 fully saturated rings. The fourth-order valence-electron chi connectivity index (χ4n) is 3.16. The van der Waals surface area contributed by atoms with Crippen LogP contribution in [0, 0.1) is 5.92 Å². The molecule has 0 unspecified atom stereocenters. The Morgan fingerprint density at radius 1 is 1.30 bits per heavy atom. The molecule has 1 saturated heterocycles. The summed E-state index contributed by atoms with van der Waals surface area (Å²) in [4.78, 5) is 11.8. The highest BCUT2D eigenvalue weighted by Gasteiger charge is 2.29. The number of nitrogens with zero attached hydrogens (tertiary/aromatic N) is 1. The predicted octanol–water partition coefficient (Wildman–Crippen LogP) is 1.76. The number of carbonyl (C=O) groups excluding carboxylic acids is 1. The zero-order valence-corrected chi connectivity index (χ0v) is 17.8. The molecule has 1 aliphatic heterocycles. The van der Waals surface area contributed by atoms with Crippen LogP contribution in [-0.4, -0.2) is 52.4 Å². The first-order chi connectivity index (χ1) is 12.4. The fraction of sp³-hybridized carbons (Fsp3) is 0.611. The van der Waals surface area contributed by atoms with Crippen molar-refractivity contribution in [3.8, 4) is 5.75 Å². The number of amides is 1. The summed E-state index contributed by atoms with van der Waals surface area (Å²) in [6.45, 7) is 3.98. The summed E-state index contributed by atoms with van der Waals surface area (Å²) in [6.07, 6.45) is 2.09. The lowest BCUT2D eigenvalue weighted by molar-refractivity contribution is -0.120. The van der Waals surface area contributed by atoms with Gasteiger partial charge in [0.1, 0.15) is 5.75 Å². The minimum Gasteiger partial charge on any atom is -0.496 e. The molecule has 0 aliphatic carbocycles. The van der Waals surface area contributed by atoms with Crippen LogP contribution >= 0.6 is 12.4 Å². The van der Waals surface area contributed by atoms with Crippen LogP contribution in [-0.2, 0) is 21.4 Å². The zero-order valence-electron chi connectivity index (χ0n) is 16.2. The fourth-order valence-corrected chi connectivity index (χ4v) is 4.68. The number of methoxy groups -OCH3 is 1. The van der Waals surface area contributed by atoms with E-state index < -0.39 is 10.0 Å². The van der Waals surface area contributed by atoms with Gasteiger partial charge in [0.25, 0.3) is 0 Å². The van der Waals surface area contributed by atoms with Crippen LogP contribution in [0.3, 0.4) is 0 Å². The quantitative estimate of drug-likeness (QED) is 0.670. The maximum atomic E-state index is 13.0. The Morgan fingerprint density at radius 2 is 1.96 bits per heavy atom. The maximum Gasteiger partial charge on any atom is 0.243 e. The van der Waals surface area contributed by atoms with E-state index in [4.69, 9.17) is 4.74 Å². The van der Waals surface area contributed by atoms with Crippen LogP contribution in [0.1, 0.15) is 31.7 Å². The number of nitrogens with one attached hydrogen (secondary N) is 2. The van der Waals surface area contributed by atoms with Gasteiger partial charge in [0.05, 0.1) is 12.0 Å². The van der Waals surface area contributed by atoms with Crippen LogP contribution < -0.4 is 15.4 Å². The molecule has 0 radical (unpaired) electrons. The molecular formula is C18H30ClN3O4S. The highest BCUT2D eigenvalue weighted by Crippen LogP contribution is 2.27. The Morgan fingerprint density at radius 3 is 2.52 bits per heavy atom. The van der Waals surface area contributed by atoms with Crippen LogP contribution in [0.15, 0.2) is 23.1 Å². The summed E-state index contributed by atoms with van der Waals surface area (Å²) in [5.41, 5.74) is 0.653. The van der Waals surface area contributed by atoms with E-state index in [2.05, 4.69) is 10.6 Å². The third-order valence-electron chi connectivity index (χ3n) is 4.75. The Balaban J connectivity index is 0.00000364. The standard InChI is InChI=1S/C18H29N3O4S.ClH/c1-4-18(22)20-13-15-11-16(5-6-17(15)25-3)26(23,24)21-9-7-14(8-10-21)12-19-2;/h5-6,11,14,19H,4,7-10,12-13H2,1-3H3,(H,20,22);1H. The SMILES string of the molecule is CCC(=O)NCc1cc(S(=O)(=O)N2CCC(CNC)CC2)ccc1OC.Cl. The van der Waals surface area contributed by atoms with Crippen molar-refractivity contribution < 1.29 is 17.9 Å². The van der Waals surface area contributed by atoms with Gasteiger partial charge in [-0.15, -0.1) is 12.4 Å². The molecule has 0 spiro atoms. The zero-order chi connectivity index (χ0) is 19.2. The summed E-state index contributed by atoms with van der Waals surface area (Å²) >= 11 is 0. The molecular weight excluding hydrogens is 390 g/mol. The van der Waals surface area contributed by atoms with E-state index in [0.29, 0.717) is 36.7 Å². The molecule has 27 heavy (non-hydrogen) atoms. The van der Waals surface area contributed by atoms with Crippen LogP contribution in [0.25, 0.3) is 0 Å². The predicted molar refractivity (Wildman–Crippen MR) is 108 cm³/mol. The molecule has 0 aromatic heterocycles. The van der Waals surface area contributed by atoms with Gasteiger partial charge < -0.3 is 15.4 Å². The van der Waals surface area contributed by atoms with Crippen molar-refractivity contribution >= 4 is 28.3 Å². The second kappa shape index (κ2) is 10.8.